The van der Waals surface area contributed by atoms with Gasteiger partial charge in [0.25, 0.3) is 0 Å². The molecule has 5 N–H and O–H groups in total. The predicted octanol–water partition coefficient (Wildman–Crippen LogP) is -1.04. The van der Waals surface area contributed by atoms with Crippen molar-refractivity contribution in [3.63, 3.8) is 0 Å². The molecule has 1 saturated heterocycles. The number of carbonyl (C=O) groups is 1. The van der Waals surface area contributed by atoms with Crippen LogP contribution in [0.3, 0.4) is 0 Å². The van der Waals surface area contributed by atoms with E-state index < -0.39 is 43.3 Å². The molecule has 8 nitrogen and oxygen atoms in total. The number of hydrogen-bond acceptors (Lipinski definition) is 7. The Balaban J connectivity index is 2.19. The van der Waals surface area contributed by atoms with E-state index in [0.29, 0.717) is 5.56 Å². The Kier molecular flexibility index (Phi) is 5.69. The van der Waals surface area contributed by atoms with Crippen molar-refractivity contribution in [1.82, 2.24) is 0 Å². The number of rotatable bonds is 5. The van der Waals surface area contributed by atoms with Gasteiger partial charge >= 0.3 is 5.97 Å². The van der Waals surface area contributed by atoms with Gasteiger partial charge in [0.1, 0.15) is 30.2 Å². The highest BCUT2D eigenvalue weighted by molar-refractivity contribution is 5.85. The third-order valence-electron chi connectivity index (χ3n) is 3.42. The number of para-hydroxylation sites is 1. The molecule has 1 aromatic carbocycles. The lowest BCUT2D eigenvalue weighted by atomic mass is 9.99. The number of aliphatic hydroxyl groups excluding tert-OH is 4. The number of aliphatic hydroxyl groups is 4. The van der Waals surface area contributed by atoms with Gasteiger partial charge in [0.15, 0.2) is 0 Å². The minimum Gasteiger partial charge on any atom is -0.478 e. The van der Waals surface area contributed by atoms with Crippen LogP contribution in [0.4, 0.5) is 0 Å². The van der Waals surface area contributed by atoms with Gasteiger partial charge in [-0.25, -0.2) is 4.79 Å². The Hall–Kier alpha value is -1.97. The maximum absolute atomic E-state index is 10.6. The van der Waals surface area contributed by atoms with Gasteiger partial charge in [-0.15, -0.1) is 0 Å². The maximum atomic E-state index is 10.6. The molecule has 1 aliphatic heterocycles. The fourth-order valence-corrected chi connectivity index (χ4v) is 2.18. The quantitative estimate of drug-likeness (QED) is 0.433. The van der Waals surface area contributed by atoms with E-state index in [1.54, 1.807) is 18.2 Å². The van der Waals surface area contributed by atoms with Crippen LogP contribution in [0.1, 0.15) is 5.56 Å². The van der Waals surface area contributed by atoms with Crippen LogP contribution in [-0.4, -0.2) is 68.8 Å². The first-order chi connectivity index (χ1) is 10.9. The van der Waals surface area contributed by atoms with Crippen molar-refractivity contribution in [3.8, 4) is 5.75 Å². The van der Waals surface area contributed by atoms with E-state index in [1.165, 1.54) is 12.1 Å². The normalized spacial score (nSPS) is 31.2. The zero-order valence-electron chi connectivity index (χ0n) is 12.0. The van der Waals surface area contributed by atoms with Crippen molar-refractivity contribution in [1.29, 1.82) is 0 Å². The Labute approximate surface area is 131 Å². The van der Waals surface area contributed by atoms with Gasteiger partial charge in [0, 0.05) is 11.6 Å². The van der Waals surface area contributed by atoms with Gasteiger partial charge in [-0.05, 0) is 12.1 Å². The van der Waals surface area contributed by atoms with Gasteiger partial charge in [-0.1, -0.05) is 18.2 Å². The van der Waals surface area contributed by atoms with Crippen LogP contribution >= 0.6 is 0 Å². The molecule has 0 radical (unpaired) electrons. The number of hydrogen-bond donors (Lipinski definition) is 5. The molecule has 1 heterocycles. The van der Waals surface area contributed by atoms with Gasteiger partial charge in [0.2, 0.25) is 6.29 Å². The molecule has 0 saturated carbocycles. The second-order valence-corrected chi connectivity index (χ2v) is 5.02. The molecule has 1 aliphatic rings. The molecule has 2 rings (SSSR count). The van der Waals surface area contributed by atoms with E-state index in [2.05, 4.69) is 0 Å². The zero-order chi connectivity index (χ0) is 17.0. The lowest BCUT2D eigenvalue weighted by molar-refractivity contribution is -0.277. The topological polar surface area (TPSA) is 137 Å². The summed E-state index contributed by atoms with van der Waals surface area (Å²) in [5, 5.41) is 47.2. The van der Waals surface area contributed by atoms with Crippen molar-refractivity contribution in [2.45, 2.75) is 30.7 Å². The molecule has 1 aromatic rings. The lowest BCUT2D eigenvalue weighted by Gasteiger charge is -2.39. The third-order valence-corrected chi connectivity index (χ3v) is 3.42. The second-order valence-electron chi connectivity index (χ2n) is 5.02. The molecule has 126 valence electrons. The third kappa shape index (κ3) is 4.06. The number of ether oxygens (including phenoxy) is 2. The van der Waals surface area contributed by atoms with Crippen LogP contribution in [0, 0.1) is 0 Å². The van der Waals surface area contributed by atoms with Crippen molar-refractivity contribution < 1.29 is 39.8 Å². The van der Waals surface area contributed by atoms with Crippen LogP contribution in [-0.2, 0) is 9.53 Å². The van der Waals surface area contributed by atoms with Gasteiger partial charge in [0.05, 0.1) is 6.61 Å². The van der Waals surface area contributed by atoms with Crippen LogP contribution in [0.15, 0.2) is 30.3 Å². The van der Waals surface area contributed by atoms with Gasteiger partial charge in [-0.3, -0.25) is 0 Å². The van der Waals surface area contributed by atoms with Crippen molar-refractivity contribution in [2.75, 3.05) is 6.61 Å². The first kappa shape index (κ1) is 17.4. The Morgan fingerprint density at radius 2 is 1.87 bits per heavy atom. The van der Waals surface area contributed by atoms with Crippen LogP contribution in [0.2, 0.25) is 0 Å². The Morgan fingerprint density at radius 3 is 2.52 bits per heavy atom. The molecular weight excluding hydrogens is 308 g/mol. The van der Waals surface area contributed by atoms with E-state index >= 15 is 0 Å². The summed E-state index contributed by atoms with van der Waals surface area (Å²) in [6.45, 7) is -0.564. The largest absolute Gasteiger partial charge is 0.478 e. The zero-order valence-corrected chi connectivity index (χ0v) is 12.0. The summed E-state index contributed by atoms with van der Waals surface area (Å²) in [5.74, 6) is -0.915. The van der Waals surface area contributed by atoms with Crippen LogP contribution in [0.5, 0.6) is 5.75 Å². The van der Waals surface area contributed by atoms with Gasteiger partial charge < -0.3 is 35.0 Å². The summed E-state index contributed by atoms with van der Waals surface area (Å²) in [4.78, 5) is 10.6. The fraction of sp³-hybridized carbons (Fsp3) is 0.400. The molecule has 23 heavy (non-hydrogen) atoms. The molecule has 5 unspecified atom stereocenters. The summed E-state index contributed by atoms with van der Waals surface area (Å²) >= 11 is 0. The predicted molar refractivity (Wildman–Crippen MR) is 77.5 cm³/mol. The highest BCUT2D eigenvalue weighted by Crippen LogP contribution is 2.27. The Morgan fingerprint density at radius 1 is 1.17 bits per heavy atom. The summed E-state index contributed by atoms with van der Waals surface area (Å²) in [7, 11) is 0. The first-order valence-electron chi connectivity index (χ1n) is 6.91. The summed E-state index contributed by atoms with van der Waals surface area (Å²) < 4.78 is 10.7. The lowest BCUT2D eigenvalue weighted by Crippen LogP contribution is -2.60. The summed E-state index contributed by atoms with van der Waals surface area (Å²) in [6, 6.07) is 6.43. The van der Waals surface area contributed by atoms with E-state index in [0.717, 1.165) is 6.08 Å². The molecule has 0 aromatic heterocycles. The summed E-state index contributed by atoms with van der Waals surface area (Å²) in [6.07, 6.45) is -4.74. The summed E-state index contributed by atoms with van der Waals surface area (Å²) in [5.41, 5.74) is 0.423. The smallest absolute Gasteiger partial charge is 0.328 e. The maximum Gasteiger partial charge on any atom is 0.328 e. The first-order valence-corrected chi connectivity index (χ1v) is 6.91. The molecule has 8 heteroatoms. The average Bonchev–Trinajstić information content (AvgIpc) is 2.54. The SMILES string of the molecule is O=C(O)/C=C\c1ccccc1OC1OC(CO)C(O)C(O)C1O. The fourth-order valence-electron chi connectivity index (χ4n) is 2.18. The standard InChI is InChI=1S/C15H18O8/c16-7-10-12(19)13(20)14(21)15(23-10)22-9-4-2-1-3-8(9)5-6-11(17)18/h1-6,10,12-16,19-21H,7H2,(H,17,18)/b6-5-. The number of aliphatic carboxylic acids is 1. The van der Waals surface area contributed by atoms with Crippen molar-refractivity contribution in [3.05, 3.63) is 35.9 Å². The molecule has 0 aliphatic carbocycles. The molecule has 1 fully saturated rings. The van der Waals surface area contributed by atoms with E-state index in [4.69, 9.17) is 19.7 Å². The number of benzene rings is 1. The van der Waals surface area contributed by atoms with Crippen LogP contribution < -0.4 is 4.74 Å². The van der Waals surface area contributed by atoms with E-state index in [-0.39, 0.29) is 5.75 Å². The molecule has 5 atom stereocenters. The van der Waals surface area contributed by atoms with Crippen molar-refractivity contribution in [2.24, 2.45) is 0 Å². The molecule has 0 amide bonds. The Bertz CT molecular complexity index is 570. The molecule has 0 spiro atoms. The van der Waals surface area contributed by atoms with Crippen LogP contribution in [0.25, 0.3) is 6.08 Å². The highest BCUT2D eigenvalue weighted by Gasteiger charge is 2.44. The average molecular weight is 326 g/mol. The minimum atomic E-state index is -1.55. The minimum absolute atomic E-state index is 0.217. The molecular formula is C15H18O8. The monoisotopic (exact) mass is 326 g/mol. The van der Waals surface area contributed by atoms with Gasteiger partial charge in [-0.2, -0.15) is 0 Å². The number of carboxylic acid groups (broad SMARTS) is 1. The second kappa shape index (κ2) is 7.53. The van der Waals surface area contributed by atoms with E-state index in [1.807, 2.05) is 0 Å². The molecule has 0 bridgehead atoms. The van der Waals surface area contributed by atoms with Crippen molar-refractivity contribution >= 4 is 12.0 Å². The highest BCUT2D eigenvalue weighted by atomic mass is 16.7. The number of carboxylic acids is 1. The van der Waals surface area contributed by atoms with E-state index in [9.17, 15) is 20.1 Å².